The van der Waals surface area contributed by atoms with Gasteiger partial charge < -0.3 is 10.5 Å². The fraction of sp³-hybridized carbons (Fsp3) is 0.125. The van der Waals surface area contributed by atoms with Crippen LogP contribution in [0.1, 0.15) is 27.6 Å². The number of carbonyl (C=O) groups is 2. The summed E-state index contributed by atoms with van der Waals surface area (Å²) in [4.78, 5) is 22.4. The van der Waals surface area contributed by atoms with E-state index in [1.807, 2.05) is 0 Å². The lowest BCUT2D eigenvalue weighted by Crippen LogP contribution is -2.05. The second kappa shape index (κ2) is 6.17. The van der Waals surface area contributed by atoms with E-state index in [1.165, 1.54) is 12.1 Å². The van der Waals surface area contributed by atoms with Crippen molar-refractivity contribution in [2.75, 3.05) is 12.3 Å². The monoisotopic (exact) mass is 287 g/mol. The summed E-state index contributed by atoms with van der Waals surface area (Å²) in [7, 11) is 0. The van der Waals surface area contributed by atoms with E-state index in [0.29, 0.717) is 28.7 Å². The first-order valence-electron chi connectivity index (χ1n) is 6.38. The van der Waals surface area contributed by atoms with E-state index in [-0.39, 0.29) is 12.2 Å². The molecule has 0 aliphatic rings. The Labute approximate surface area is 121 Å². The van der Waals surface area contributed by atoms with Gasteiger partial charge in [0.25, 0.3) is 0 Å². The number of hydrogen-bond donors (Lipinski definition) is 1. The number of nitrogens with two attached hydrogens (primary N) is 1. The summed E-state index contributed by atoms with van der Waals surface area (Å²) < 4.78 is 18.6. The number of esters is 1. The molecule has 5 heteroatoms. The lowest BCUT2D eigenvalue weighted by Gasteiger charge is -2.09. The van der Waals surface area contributed by atoms with E-state index in [2.05, 4.69) is 0 Å². The Hall–Kier alpha value is -2.69. The van der Waals surface area contributed by atoms with Gasteiger partial charge in [0.2, 0.25) is 0 Å². The van der Waals surface area contributed by atoms with Gasteiger partial charge in [-0.1, -0.05) is 6.07 Å². The molecule has 21 heavy (non-hydrogen) atoms. The molecule has 2 rings (SSSR count). The number of aldehydes is 1. The maximum atomic E-state index is 13.7. The number of ether oxygens (including phenoxy) is 1. The summed E-state index contributed by atoms with van der Waals surface area (Å²) in [5.74, 6) is -1.10. The van der Waals surface area contributed by atoms with Crippen LogP contribution in [0.4, 0.5) is 10.1 Å². The number of nitrogen functional groups attached to an aromatic ring is 1. The lowest BCUT2D eigenvalue weighted by molar-refractivity contribution is 0.0526. The molecule has 0 saturated carbocycles. The fourth-order valence-corrected chi connectivity index (χ4v) is 1.94. The van der Waals surface area contributed by atoms with Gasteiger partial charge >= 0.3 is 5.97 Å². The second-order valence-electron chi connectivity index (χ2n) is 4.38. The Kier molecular flexibility index (Phi) is 4.33. The molecule has 0 radical (unpaired) electrons. The highest BCUT2D eigenvalue weighted by Crippen LogP contribution is 2.28. The van der Waals surface area contributed by atoms with E-state index in [0.717, 1.165) is 0 Å². The summed E-state index contributed by atoms with van der Waals surface area (Å²) in [6, 6.07) is 8.81. The van der Waals surface area contributed by atoms with E-state index in [1.54, 1.807) is 31.2 Å². The van der Waals surface area contributed by atoms with Gasteiger partial charge in [-0.2, -0.15) is 0 Å². The molecule has 0 aliphatic carbocycles. The van der Waals surface area contributed by atoms with E-state index < -0.39 is 11.8 Å². The smallest absolute Gasteiger partial charge is 0.338 e. The number of anilines is 1. The van der Waals surface area contributed by atoms with Crippen LogP contribution in [0.5, 0.6) is 0 Å². The molecule has 2 aromatic carbocycles. The minimum absolute atomic E-state index is 0.0288. The zero-order chi connectivity index (χ0) is 15.4. The van der Waals surface area contributed by atoms with E-state index in [9.17, 15) is 14.0 Å². The molecule has 2 aromatic rings. The zero-order valence-electron chi connectivity index (χ0n) is 11.4. The van der Waals surface area contributed by atoms with Gasteiger partial charge in [-0.15, -0.1) is 0 Å². The minimum atomic E-state index is -0.636. The average Bonchev–Trinajstić information content (AvgIpc) is 2.48. The number of rotatable bonds is 4. The van der Waals surface area contributed by atoms with Gasteiger partial charge in [-0.05, 0) is 42.8 Å². The van der Waals surface area contributed by atoms with Gasteiger partial charge in [-0.3, -0.25) is 4.79 Å². The third kappa shape index (κ3) is 3.08. The number of carbonyl (C=O) groups excluding carboxylic acids is 2. The van der Waals surface area contributed by atoms with Crippen LogP contribution in [0.3, 0.4) is 0 Å². The predicted molar refractivity (Wildman–Crippen MR) is 77.6 cm³/mol. The molecule has 0 fully saturated rings. The van der Waals surface area contributed by atoms with Crippen LogP contribution in [0.2, 0.25) is 0 Å². The van der Waals surface area contributed by atoms with Crippen LogP contribution in [-0.2, 0) is 4.74 Å². The Morgan fingerprint density at radius 1 is 1.29 bits per heavy atom. The van der Waals surface area contributed by atoms with Gasteiger partial charge in [0.05, 0.1) is 17.7 Å². The highest BCUT2D eigenvalue weighted by Gasteiger charge is 2.12. The quantitative estimate of drug-likeness (QED) is 0.533. The van der Waals surface area contributed by atoms with Crippen molar-refractivity contribution < 1.29 is 18.7 Å². The van der Waals surface area contributed by atoms with Gasteiger partial charge in [0.1, 0.15) is 5.82 Å². The van der Waals surface area contributed by atoms with Crippen LogP contribution in [0, 0.1) is 5.82 Å². The van der Waals surface area contributed by atoms with Crippen LogP contribution in [0.15, 0.2) is 36.4 Å². The van der Waals surface area contributed by atoms with Crippen LogP contribution in [0.25, 0.3) is 11.1 Å². The molecule has 0 heterocycles. The zero-order valence-corrected chi connectivity index (χ0v) is 11.4. The maximum Gasteiger partial charge on any atom is 0.338 e. The summed E-state index contributed by atoms with van der Waals surface area (Å²) in [5, 5.41) is 0. The van der Waals surface area contributed by atoms with Crippen molar-refractivity contribution in [3.8, 4) is 11.1 Å². The number of hydrogen-bond acceptors (Lipinski definition) is 4. The highest BCUT2D eigenvalue weighted by atomic mass is 19.1. The first kappa shape index (κ1) is 14.7. The summed E-state index contributed by atoms with van der Waals surface area (Å²) in [6.07, 6.45) is 0.442. The highest BCUT2D eigenvalue weighted by molar-refractivity contribution is 5.93. The van der Waals surface area contributed by atoms with Gasteiger partial charge in [-0.25, -0.2) is 9.18 Å². The molecule has 108 valence electrons. The molecule has 0 unspecified atom stereocenters. The lowest BCUT2D eigenvalue weighted by atomic mass is 10.00. The van der Waals surface area contributed by atoms with Gasteiger partial charge in [0.15, 0.2) is 6.29 Å². The normalized spacial score (nSPS) is 10.2. The van der Waals surface area contributed by atoms with Crippen molar-refractivity contribution in [3.63, 3.8) is 0 Å². The van der Waals surface area contributed by atoms with Crippen molar-refractivity contribution in [3.05, 3.63) is 53.3 Å². The molecule has 0 atom stereocenters. The molecular weight excluding hydrogens is 273 g/mol. The van der Waals surface area contributed by atoms with Crippen molar-refractivity contribution in [1.82, 2.24) is 0 Å². The summed E-state index contributed by atoms with van der Waals surface area (Å²) in [5.41, 5.74) is 7.58. The Balaban J connectivity index is 2.47. The maximum absolute atomic E-state index is 13.7. The molecule has 0 bridgehead atoms. The predicted octanol–water partition coefficient (Wildman–Crippen LogP) is 3.06. The molecule has 0 aromatic heterocycles. The molecule has 0 aliphatic heterocycles. The van der Waals surface area contributed by atoms with Crippen LogP contribution in [-0.4, -0.2) is 18.9 Å². The first-order chi connectivity index (χ1) is 10.1. The average molecular weight is 287 g/mol. The summed E-state index contributed by atoms with van der Waals surface area (Å²) >= 11 is 0. The Morgan fingerprint density at radius 3 is 2.67 bits per heavy atom. The van der Waals surface area contributed by atoms with Crippen LogP contribution >= 0.6 is 0 Å². The summed E-state index contributed by atoms with van der Waals surface area (Å²) in [6.45, 7) is 1.98. The van der Waals surface area contributed by atoms with E-state index >= 15 is 0 Å². The standard InChI is InChI=1S/C16H14FNO3/c1-2-21-16(20)11-5-6-15(18)13(7-11)10-3-4-12(9-19)14(17)8-10/h3-9H,2,18H2,1H3. The largest absolute Gasteiger partial charge is 0.462 e. The molecule has 0 amide bonds. The topological polar surface area (TPSA) is 69.4 Å². The molecule has 0 saturated heterocycles. The third-order valence-electron chi connectivity index (χ3n) is 3.00. The molecule has 0 spiro atoms. The first-order valence-corrected chi connectivity index (χ1v) is 6.38. The SMILES string of the molecule is CCOC(=O)c1ccc(N)c(-c2ccc(C=O)c(F)c2)c1. The Morgan fingerprint density at radius 2 is 2.05 bits per heavy atom. The molecule has 2 N–H and O–H groups in total. The fourth-order valence-electron chi connectivity index (χ4n) is 1.94. The van der Waals surface area contributed by atoms with Crippen molar-refractivity contribution in [2.45, 2.75) is 6.92 Å². The van der Waals surface area contributed by atoms with Crippen LogP contribution < -0.4 is 5.73 Å². The van der Waals surface area contributed by atoms with Crippen molar-refractivity contribution in [1.29, 1.82) is 0 Å². The molecule has 4 nitrogen and oxygen atoms in total. The number of halogens is 1. The number of benzene rings is 2. The Bertz CT molecular complexity index is 698. The second-order valence-corrected chi connectivity index (χ2v) is 4.38. The minimum Gasteiger partial charge on any atom is -0.462 e. The third-order valence-corrected chi connectivity index (χ3v) is 3.00. The van der Waals surface area contributed by atoms with Crippen molar-refractivity contribution in [2.24, 2.45) is 0 Å². The van der Waals surface area contributed by atoms with E-state index in [4.69, 9.17) is 10.5 Å². The van der Waals surface area contributed by atoms with Crippen molar-refractivity contribution >= 4 is 17.9 Å². The molecular formula is C16H14FNO3. The van der Waals surface area contributed by atoms with Gasteiger partial charge in [0, 0.05) is 11.3 Å².